The third-order valence-electron chi connectivity index (χ3n) is 1.55. The van der Waals surface area contributed by atoms with Crippen molar-refractivity contribution in [1.29, 1.82) is 0 Å². The fourth-order valence-electron chi connectivity index (χ4n) is 0.857. The molecule has 0 aromatic heterocycles. The van der Waals surface area contributed by atoms with Gasteiger partial charge in [0, 0.05) is 21.3 Å². The summed E-state index contributed by atoms with van der Waals surface area (Å²) in [7, 11) is -3.13. The lowest BCUT2D eigenvalue weighted by Gasteiger charge is -2.21. The molecule has 0 fully saturated rings. The Kier molecular flexibility index (Phi) is 6.26. The zero-order valence-electron chi connectivity index (χ0n) is 9.63. The van der Waals surface area contributed by atoms with Crippen LogP contribution in [0.25, 0.3) is 0 Å². The molecule has 0 aliphatic carbocycles. The van der Waals surface area contributed by atoms with Crippen molar-refractivity contribution in [2.45, 2.75) is 20.0 Å². The van der Waals surface area contributed by atoms with Crippen LogP contribution in [0.1, 0.15) is 13.8 Å². The van der Waals surface area contributed by atoms with E-state index in [1.165, 1.54) is 21.3 Å². The third kappa shape index (κ3) is 5.25. The normalized spacial score (nSPS) is 16.7. The van der Waals surface area contributed by atoms with Crippen molar-refractivity contribution in [3.05, 3.63) is 0 Å². The van der Waals surface area contributed by atoms with Gasteiger partial charge in [-0.15, -0.1) is 0 Å². The van der Waals surface area contributed by atoms with Gasteiger partial charge in [0.05, 0.1) is 6.10 Å². The predicted octanol–water partition coefficient (Wildman–Crippen LogP) is 2.69. The minimum atomic E-state index is -3.42. The second kappa shape index (κ2) is 6.14. The average Bonchev–Trinajstić information content (AvgIpc) is 2.16. The fraction of sp³-hybridized carbons (Fsp3) is 1.00. The Bertz CT molecular complexity index is 269. The van der Waals surface area contributed by atoms with E-state index in [-0.39, 0.29) is 12.0 Å². The quantitative estimate of drug-likeness (QED) is 0.655. The van der Waals surface area contributed by atoms with Crippen molar-refractivity contribution in [2.75, 3.05) is 27.2 Å². The highest BCUT2D eigenvalue weighted by atomic mass is 31.2. The Balaban J connectivity index is 4.70. The molecule has 0 aromatic rings. The van der Waals surface area contributed by atoms with Crippen molar-refractivity contribution in [3.63, 3.8) is 0 Å². The van der Waals surface area contributed by atoms with Crippen LogP contribution in [-0.2, 0) is 27.2 Å². The van der Waals surface area contributed by atoms with E-state index < -0.39 is 15.2 Å². The molecule has 0 aromatic carbocycles. The topological polar surface area (TPSA) is 71.1 Å². The van der Waals surface area contributed by atoms with Crippen molar-refractivity contribution >= 4 is 15.2 Å². The minimum absolute atomic E-state index is 0.294. The maximum atomic E-state index is 11.9. The van der Waals surface area contributed by atoms with Gasteiger partial charge < -0.3 is 18.1 Å². The molecule has 0 amide bonds. The summed E-state index contributed by atoms with van der Waals surface area (Å²) in [5, 5.41) is 0. The summed E-state index contributed by atoms with van der Waals surface area (Å²) in [5.74, 6) is -0.387. The summed E-state index contributed by atoms with van der Waals surface area (Å²) in [4.78, 5) is 0. The van der Waals surface area contributed by atoms with Gasteiger partial charge in [-0.05, 0) is 13.8 Å². The van der Waals surface area contributed by atoms with Crippen LogP contribution in [0.4, 0.5) is 0 Å². The smallest absolute Gasteiger partial charge is 0.311 e. The lowest BCUT2D eigenvalue weighted by molar-refractivity contribution is 0.188. The Morgan fingerprint density at radius 2 is 1.33 bits per heavy atom. The maximum absolute atomic E-state index is 11.9. The first-order valence-electron chi connectivity index (χ1n) is 4.34. The fourth-order valence-corrected chi connectivity index (χ4v) is 5.08. The molecule has 1 unspecified atom stereocenters. The van der Waals surface area contributed by atoms with Gasteiger partial charge in [-0.3, -0.25) is 9.13 Å². The van der Waals surface area contributed by atoms with Gasteiger partial charge in [-0.1, -0.05) is 0 Å². The Labute approximate surface area is 90.3 Å². The van der Waals surface area contributed by atoms with Crippen LogP contribution in [-0.4, -0.2) is 33.3 Å². The lowest BCUT2D eigenvalue weighted by atomic mass is 10.5. The molecule has 0 saturated carbocycles. The van der Waals surface area contributed by atoms with Gasteiger partial charge in [-0.2, -0.15) is 0 Å². The van der Waals surface area contributed by atoms with E-state index in [1.807, 2.05) is 0 Å². The maximum Gasteiger partial charge on any atom is 0.342 e. The molecular formula is C7H18O6P2. The van der Waals surface area contributed by atoms with Crippen molar-refractivity contribution in [3.8, 4) is 0 Å². The SMILES string of the molecule is COP(=O)(CP(=O)(OC)OC(C)C)OC. The van der Waals surface area contributed by atoms with Crippen LogP contribution in [0.2, 0.25) is 0 Å². The lowest BCUT2D eigenvalue weighted by Crippen LogP contribution is -2.06. The highest BCUT2D eigenvalue weighted by Gasteiger charge is 2.37. The molecular weight excluding hydrogens is 242 g/mol. The number of rotatable bonds is 7. The van der Waals surface area contributed by atoms with Crippen LogP contribution < -0.4 is 0 Å². The van der Waals surface area contributed by atoms with Crippen molar-refractivity contribution < 1.29 is 27.2 Å². The van der Waals surface area contributed by atoms with Crippen molar-refractivity contribution in [2.24, 2.45) is 0 Å². The van der Waals surface area contributed by atoms with Crippen LogP contribution in [0.5, 0.6) is 0 Å². The molecule has 0 aliphatic rings. The zero-order valence-corrected chi connectivity index (χ0v) is 11.4. The van der Waals surface area contributed by atoms with Crippen molar-refractivity contribution in [1.82, 2.24) is 0 Å². The minimum Gasteiger partial charge on any atom is -0.311 e. The number of hydrogen-bond acceptors (Lipinski definition) is 6. The number of hydrogen-bond donors (Lipinski definition) is 0. The van der Waals surface area contributed by atoms with Gasteiger partial charge in [0.15, 0.2) is 5.90 Å². The van der Waals surface area contributed by atoms with Crippen LogP contribution in [0.15, 0.2) is 0 Å². The molecule has 0 N–H and O–H groups in total. The van der Waals surface area contributed by atoms with Gasteiger partial charge in [0.2, 0.25) is 0 Å². The molecule has 0 aliphatic heterocycles. The Morgan fingerprint density at radius 3 is 1.60 bits per heavy atom. The zero-order chi connectivity index (χ0) is 12.1. The summed E-state index contributed by atoms with van der Waals surface area (Å²) in [6.07, 6.45) is -0.294. The van der Waals surface area contributed by atoms with E-state index in [0.29, 0.717) is 0 Å². The molecule has 0 heterocycles. The van der Waals surface area contributed by atoms with E-state index in [1.54, 1.807) is 13.8 Å². The highest BCUT2D eigenvalue weighted by molar-refractivity contribution is 7.71. The molecule has 0 bridgehead atoms. The molecule has 1 atom stereocenters. The van der Waals surface area contributed by atoms with Gasteiger partial charge in [0.25, 0.3) is 0 Å². The van der Waals surface area contributed by atoms with E-state index in [2.05, 4.69) is 9.05 Å². The van der Waals surface area contributed by atoms with E-state index in [4.69, 9.17) is 9.05 Å². The Hall–Kier alpha value is 0.300. The molecule has 0 saturated heterocycles. The second-order valence-corrected chi connectivity index (χ2v) is 7.95. The van der Waals surface area contributed by atoms with E-state index in [9.17, 15) is 9.13 Å². The summed E-state index contributed by atoms with van der Waals surface area (Å²) in [6, 6.07) is 0. The van der Waals surface area contributed by atoms with Crippen LogP contribution >= 0.6 is 15.2 Å². The van der Waals surface area contributed by atoms with Crippen LogP contribution in [0, 0.1) is 0 Å². The standard InChI is InChI=1S/C7H18O6P2/c1-7(2)13-15(9,12-5)6-14(8,10-3)11-4/h7H,6H2,1-5H3. The van der Waals surface area contributed by atoms with E-state index in [0.717, 1.165) is 0 Å². The van der Waals surface area contributed by atoms with E-state index >= 15 is 0 Å². The average molecular weight is 260 g/mol. The first-order chi connectivity index (χ1) is 6.81. The largest absolute Gasteiger partial charge is 0.342 e. The monoisotopic (exact) mass is 260 g/mol. The Morgan fingerprint density at radius 1 is 0.933 bits per heavy atom. The van der Waals surface area contributed by atoms with Crippen LogP contribution in [0.3, 0.4) is 0 Å². The summed E-state index contributed by atoms with van der Waals surface area (Å²) >= 11 is 0. The molecule has 0 radical (unpaired) electrons. The molecule has 8 heteroatoms. The van der Waals surface area contributed by atoms with Gasteiger partial charge in [-0.25, -0.2) is 0 Å². The first-order valence-corrected chi connectivity index (χ1v) is 7.80. The summed E-state index contributed by atoms with van der Waals surface area (Å²) < 4.78 is 42.9. The third-order valence-corrected chi connectivity index (χ3v) is 6.74. The summed E-state index contributed by atoms with van der Waals surface area (Å²) in [5.41, 5.74) is 0. The molecule has 0 spiro atoms. The van der Waals surface area contributed by atoms with Gasteiger partial charge in [0.1, 0.15) is 0 Å². The molecule has 0 rings (SSSR count). The van der Waals surface area contributed by atoms with Gasteiger partial charge >= 0.3 is 15.2 Å². The molecule has 92 valence electrons. The highest BCUT2D eigenvalue weighted by Crippen LogP contribution is 2.63. The predicted molar refractivity (Wildman–Crippen MR) is 57.3 cm³/mol. The molecule has 6 nitrogen and oxygen atoms in total. The molecule has 15 heavy (non-hydrogen) atoms. The summed E-state index contributed by atoms with van der Waals surface area (Å²) in [6.45, 7) is 3.41. The second-order valence-electron chi connectivity index (χ2n) is 3.07. The first kappa shape index (κ1) is 15.3.